The monoisotopic (exact) mass is 173 g/mol. The summed E-state index contributed by atoms with van der Waals surface area (Å²) in [5.41, 5.74) is 0. The number of rotatable bonds is 3. The Balaban J connectivity index is 2.18. The number of carbonyl (C=O) groups excluding carboxylic acids is 1. The van der Waals surface area contributed by atoms with E-state index in [-0.39, 0.29) is 0 Å². The zero-order chi connectivity index (χ0) is 8.10. The van der Waals surface area contributed by atoms with Crippen molar-refractivity contribution in [3.8, 4) is 0 Å². The standard InChI is InChI=1S/C8H15NOS/c1-9(7-10)11-8-5-3-2-4-6-8/h7-8H,2-6H2,1H3. The highest BCUT2D eigenvalue weighted by Crippen LogP contribution is 2.28. The van der Waals surface area contributed by atoms with Crippen LogP contribution in [-0.4, -0.2) is 23.0 Å². The molecule has 0 aromatic rings. The predicted octanol–water partition coefficient (Wildman–Crippen LogP) is 2.06. The zero-order valence-electron chi connectivity index (χ0n) is 6.95. The third kappa shape index (κ3) is 3.14. The first-order valence-electron chi connectivity index (χ1n) is 4.18. The highest BCUT2D eigenvalue weighted by atomic mass is 32.2. The second-order valence-corrected chi connectivity index (χ2v) is 4.47. The van der Waals surface area contributed by atoms with Crippen molar-refractivity contribution in [3.05, 3.63) is 0 Å². The Hall–Kier alpha value is -0.180. The van der Waals surface area contributed by atoms with Crippen molar-refractivity contribution in [2.45, 2.75) is 37.4 Å². The molecule has 0 aromatic carbocycles. The lowest BCUT2D eigenvalue weighted by Crippen LogP contribution is -2.16. The lowest BCUT2D eigenvalue weighted by molar-refractivity contribution is -0.113. The van der Waals surface area contributed by atoms with Crippen molar-refractivity contribution in [1.29, 1.82) is 0 Å². The molecule has 0 aromatic heterocycles. The summed E-state index contributed by atoms with van der Waals surface area (Å²) in [6.07, 6.45) is 7.50. The van der Waals surface area contributed by atoms with E-state index in [0.717, 1.165) is 6.41 Å². The van der Waals surface area contributed by atoms with E-state index in [1.807, 2.05) is 7.05 Å². The fraction of sp³-hybridized carbons (Fsp3) is 0.875. The van der Waals surface area contributed by atoms with Crippen LogP contribution >= 0.6 is 11.9 Å². The summed E-state index contributed by atoms with van der Waals surface area (Å²) >= 11 is 1.69. The molecule has 0 aliphatic heterocycles. The first kappa shape index (κ1) is 8.91. The van der Waals surface area contributed by atoms with Crippen LogP contribution in [0.3, 0.4) is 0 Å². The maximum Gasteiger partial charge on any atom is 0.219 e. The Morgan fingerprint density at radius 2 is 2.00 bits per heavy atom. The Bertz CT molecular complexity index is 123. The van der Waals surface area contributed by atoms with E-state index in [1.165, 1.54) is 32.1 Å². The van der Waals surface area contributed by atoms with Gasteiger partial charge in [0.1, 0.15) is 0 Å². The van der Waals surface area contributed by atoms with Crippen LogP contribution in [0.4, 0.5) is 0 Å². The maximum atomic E-state index is 10.3. The lowest BCUT2D eigenvalue weighted by atomic mass is 10.0. The van der Waals surface area contributed by atoms with Gasteiger partial charge < -0.3 is 0 Å². The molecule has 0 bridgehead atoms. The minimum Gasteiger partial charge on any atom is -0.292 e. The van der Waals surface area contributed by atoms with Crippen molar-refractivity contribution in [2.75, 3.05) is 7.05 Å². The molecule has 2 nitrogen and oxygen atoms in total. The largest absolute Gasteiger partial charge is 0.292 e. The molecular weight excluding hydrogens is 158 g/mol. The van der Waals surface area contributed by atoms with Gasteiger partial charge in [0, 0.05) is 12.3 Å². The highest BCUT2D eigenvalue weighted by Gasteiger charge is 2.15. The third-order valence-corrected chi connectivity index (χ3v) is 3.20. The molecule has 0 unspecified atom stereocenters. The van der Waals surface area contributed by atoms with Gasteiger partial charge in [-0.3, -0.25) is 9.10 Å². The molecule has 0 saturated heterocycles. The molecule has 0 atom stereocenters. The predicted molar refractivity (Wildman–Crippen MR) is 48.3 cm³/mol. The van der Waals surface area contributed by atoms with Crippen LogP contribution in [0.25, 0.3) is 0 Å². The topological polar surface area (TPSA) is 20.3 Å². The molecule has 0 heterocycles. The number of hydrogen-bond acceptors (Lipinski definition) is 2. The summed E-state index contributed by atoms with van der Waals surface area (Å²) < 4.78 is 1.68. The summed E-state index contributed by atoms with van der Waals surface area (Å²) in [5, 5.41) is 0.693. The van der Waals surface area contributed by atoms with E-state index in [9.17, 15) is 4.79 Å². The van der Waals surface area contributed by atoms with E-state index in [1.54, 1.807) is 16.3 Å². The van der Waals surface area contributed by atoms with E-state index < -0.39 is 0 Å². The SMILES string of the molecule is CN(C=O)SC1CCCCC1. The van der Waals surface area contributed by atoms with Gasteiger partial charge in [0.25, 0.3) is 0 Å². The minimum absolute atomic E-state index is 0.693. The maximum absolute atomic E-state index is 10.3. The van der Waals surface area contributed by atoms with Gasteiger partial charge in [-0.25, -0.2) is 0 Å². The van der Waals surface area contributed by atoms with Gasteiger partial charge in [-0.1, -0.05) is 19.3 Å². The Kier molecular flexibility index (Phi) is 3.77. The van der Waals surface area contributed by atoms with Crippen LogP contribution in [0.1, 0.15) is 32.1 Å². The molecule has 64 valence electrons. The average molecular weight is 173 g/mol. The molecule has 1 saturated carbocycles. The summed E-state index contributed by atoms with van der Waals surface area (Å²) in [5.74, 6) is 0. The second-order valence-electron chi connectivity index (χ2n) is 3.02. The van der Waals surface area contributed by atoms with Crippen LogP contribution in [0.5, 0.6) is 0 Å². The van der Waals surface area contributed by atoms with Crippen molar-refractivity contribution in [3.63, 3.8) is 0 Å². The normalized spacial score (nSPS) is 19.7. The number of amides is 1. The molecule has 11 heavy (non-hydrogen) atoms. The molecular formula is C8H15NOS. The summed E-state index contributed by atoms with van der Waals surface area (Å²) in [6.45, 7) is 0. The van der Waals surface area contributed by atoms with Gasteiger partial charge in [-0.15, -0.1) is 0 Å². The van der Waals surface area contributed by atoms with Crippen molar-refractivity contribution in [2.24, 2.45) is 0 Å². The lowest BCUT2D eigenvalue weighted by Gasteiger charge is -2.23. The van der Waals surface area contributed by atoms with Crippen molar-refractivity contribution in [1.82, 2.24) is 4.31 Å². The molecule has 1 aliphatic rings. The van der Waals surface area contributed by atoms with Crippen LogP contribution < -0.4 is 0 Å². The van der Waals surface area contributed by atoms with Gasteiger partial charge in [0.05, 0.1) is 0 Å². The molecule has 1 amide bonds. The quantitative estimate of drug-likeness (QED) is 0.481. The first-order valence-corrected chi connectivity index (χ1v) is 5.01. The molecule has 0 N–H and O–H groups in total. The van der Waals surface area contributed by atoms with Gasteiger partial charge >= 0.3 is 0 Å². The zero-order valence-corrected chi connectivity index (χ0v) is 7.77. The second kappa shape index (κ2) is 4.65. The molecule has 1 fully saturated rings. The molecule has 1 aliphatic carbocycles. The van der Waals surface area contributed by atoms with E-state index >= 15 is 0 Å². The third-order valence-electron chi connectivity index (χ3n) is 2.02. The molecule has 1 rings (SSSR count). The minimum atomic E-state index is 0.693. The highest BCUT2D eigenvalue weighted by molar-refractivity contribution is 7.98. The van der Waals surface area contributed by atoms with Crippen molar-refractivity contribution < 1.29 is 4.79 Å². The number of nitrogens with zero attached hydrogens (tertiary/aromatic N) is 1. The summed E-state index contributed by atoms with van der Waals surface area (Å²) in [7, 11) is 1.83. The van der Waals surface area contributed by atoms with Crippen LogP contribution in [0, 0.1) is 0 Å². The smallest absolute Gasteiger partial charge is 0.219 e. The van der Waals surface area contributed by atoms with E-state index in [2.05, 4.69) is 0 Å². The summed E-state index contributed by atoms with van der Waals surface area (Å²) in [6, 6.07) is 0. The van der Waals surface area contributed by atoms with Gasteiger partial charge in [0.2, 0.25) is 6.41 Å². The molecule has 0 spiro atoms. The fourth-order valence-electron chi connectivity index (χ4n) is 1.43. The van der Waals surface area contributed by atoms with Gasteiger partial charge in [-0.05, 0) is 24.8 Å². The van der Waals surface area contributed by atoms with Crippen molar-refractivity contribution >= 4 is 18.4 Å². The van der Waals surface area contributed by atoms with E-state index in [0.29, 0.717) is 5.25 Å². The number of carbonyl (C=O) groups is 1. The van der Waals surface area contributed by atoms with Crippen LogP contribution in [0.15, 0.2) is 0 Å². The molecule has 0 radical (unpaired) electrons. The Labute approximate surface area is 72.5 Å². The molecule has 3 heteroatoms. The average Bonchev–Trinajstić information content (AvgIpc) is 2.06. The first-order chi connectivity index (χ1) is 5.33. The Morgan fingerprint density at radius 1 is 1.36 bits per heavy atom. The van der Waals surface area contributed by atoms with E-state index in [4.69, 9.17) is 0 Å². The summed E-state index contributed by atoms with van der Waals surface area (Å²) in [4.78, 5) is 10.3. The van der Waals surface area contributed by atoms with Crippen LogP contribution in [-0.2, 0) is 4.79 Å². The fourth-order valence-corrected chi connectivity index (χ4v) is 2.49. The van der Waals surface area contributed by atoms with Crippen LogP contribution in [0.2, 0.25) is 0 Å². The number of hydrogen-bond donors (Lipinski definition) is 0. The van der Waals surface area contributed by atoms with Gasteiger partial charge in [-0.2, -0.15) is 0 Å². The Morgan fingerprint density at radius 3 is 2.55 bits per heavy atom. The van der Waals surface area contributed by atoms with Gasteiger partial charge in [0.15, 0.2) is 0 Å².